The van der Waals surface area contributed by atoms with Crippen molar-refractivity contribution >= 4 is 16.9 Å². The minimum absolute atomic E-state index is 0.249. The van der Waals surface area contributed by atoms with Crippen LogP contribution in [0.1, 0.15) is 57.8 Å². The van der Waals surface area contributed by atoms with Crippen LogP contribution in [0.25, 0.3) is 22.2 Å². The van der Waals surface area contributed by atoms with Gasteiger partial charge in [0.25, 0.3) is 0 Å². The Balaban J connectivity index is 1.27. The number of nitrogens with zero attached hydrogens (tertiary/aromatic N) is 2. The van der Waals surface area contributed by atoms with E-state index in [1.54, 1.807) is 0 Å². The summed E-state index contributed by atoms with van der Waals surface area (Å²) in [5.74, 6) is 3.08. The maximum atomic E-state index is 13.2. The van der Waals surface area contributed by atoms with Gasteiger partial charge in [-0.1, -0.05) is 19.1 Å². The second-order valence-corrected chi connectivity index (χ2v) is 11.5. The van der Waals surface area contributed by atoms with Crippen molar-refractivity contribution in [2.45, 2.75) is 65.4 Å². The zero-order chi connectivity index (χ0) is 25.4. The van der Waals surface area contributed by atoms with E-state index in [2.05, 4.69) is 53.3 Å². The molecule has 3 aromatic rings. The van der Waals surface area contributed by atoms with Gasteiger partial charge in [-0.15, -0.1) is 0 Å². The number of fused-ring (bicyclic) bond motifs is 2. The van der Waals surface area contributed by atoms with Crippen molar-refractivity contribution in [1.82, 2.24) is 14.9 Å². The highest BCUT2D eigenvalue weighted by Gasteiger charge is 2.33. The second kappa shape index (κ2) is 9.89. The number of ether oxygens (including phenoxy) is 1. The number of carbonyl (C=O) groups is 1. The second-order valence-electron chi connectivity index (χ2n) is 11.5. The maximum Gasteiger partial charge on any atom is 0.222 e. The summed E-state index contributed by atoms with van der Waals surface area (Å²) in [6.07, 6.45) is 4.11. The van der Waals surface area contributed by atoms with E-state index < -0.39 is 5.60 Å². The van der Waals surface area contributed by atoms with E-state index in [9.17, 15) is 9.90 Å². The maximum absolute atomic E-state index is 13.2. The smallest absolute Gasteiger partial charge is 0.222 e. The number of hydrogen-bond donors (Lipinski definition) is 2. The number of benzene rings is 2. The number of aromatic nitrogens is 2. The fraction of sp³-hybridized carbons (Fsp3) is 0.533. The number of rotatable bonds is 4. The number of aromatic amines is 1. The predicted molar refractivity (Wildman–Crippen MR) is 143 cm³/mol. The molecule has 0 bridgehead atoms. The molecule has 6 heteroatoms. The molecule has 2 aliphatic heterocycles. The lowest BCUT2D eigenvalue weighted by Crippen LogP contribution is -2.44. The van der Waals surface area contributed by atoms with Crippen LogP contribution in [0.5, 0.6) is 5.75 Å². The van der Waals surface area contributed by atoms with Gasteiger partial charge in [0.05, 0.1) is 23.2 Å². The van der Waals surface area contributed by atoms with E-state index in [-0.39, 0.29) is 11.8 Å². The van der Waals surface area contributed by atoms with E-state index in [4.69, 9.17) is 4.74 Å². The van der Waals surface area contributed by atoms with Crippen molar-refractivity contribution in [3.8, 4) is 16.9 Å². The van der Waals surface area contributed by atoms with Crippen LogP contribution >= 0.6 is 0 Å². The van der Waals surface area contributed by atoms with Crippen LogP contribution in [-0.4, -0.2) is 51.2 Å². The van der Waals surface area contributed by atoms with Gasteiger partial charge in [-0.05, 0) is 105 Å². The van der Waals surface area contributed by atoms with Gasteiger partial charge in [-0.3, -0.25) is 4.79 Å². The van der Waals surface area contributed by atoms with Gasteiger partial charge < -0.3 is 19.7 Å². The average molecular weight is 490 g/mol. The van der Waals surface area contributed by atoms with Gasteiger partial charge >= 0.3 is 0 Å². The van der Waals surface area contributed by atoms with E-state index in [0.717, 1.165) is 66.9 Å². The Bertz CT molecular complexity index is 1230. The Labute approximate surface area is 214 Å². The van der Waals surface area contributed by atoms with Crippen molar-refractivity contribution < 1.29 is 14.6 Å². The zero-order valence-electron chi connectivity index (χ0n) is 22.0. The number of carbonyl (C=O) groups excluding carboxylic acids is 1. The SMILES string of the molecule is Cc1nc2ccc(-c3ccc4c(c3)CC(C)C(CC(=O)N3CCC(C(C)(C)O)CC3)CCO4)cc2[nH]1. The van der Waals surface area contributed by atoms with Gasteiger partial charge in [0, 0.05) is 19.5 Å². The molecule has 3 heterocycles. The fourth-order valence-corrected chi connectivity index (χ4v) is 5.99. The molecule has 0 spiro atoms. The van der Waals surface area contributed by atoms with Gasteiger partial charge in [-0.2, -0.15) is 0 Å². The van der Waals surface area contributed by atoms with Crippen molar-refractivity contribution in [1.29, 1.82) is 0 Å². The minimum atomic E-state index is -0.671. The third-order valence-electron chi connectivity index (χ3n) is 8.37. The van der Waals surface area contributed by atoms with Crippen LogP contribution in [0.4, 0.5) is 0 Å². The molecule has 2 atom stereocenters. The molecule has 2 N–H and O–H groups in total. The monoisotopic (exact) mass is 489 g/mol. The van der Waals surface area contributed by atoms with E-state index in [1.807, 2.05) is 25.7 Å². The molecule has 1 aromatic heterocycles. The number of H-pyrrole nitrogens is 1. The average Bonchev–Trinajstić information content (AvgIpc) is 3.21. The zero-order valence-corrected chi connectivity index (χ0v) is 22.0. The van der Waals surface area contributed by atoms with Gasteiger partial charge in [0.15, 0.2) is 0 Å². The van der Waals surface area contributed by atoms with E-state index in [0.29, 0.717) is 24.9 Å². The normalized spacial score (nSPS) is 21.5. The van der Waals surface area contributed by atoms with Crippen molar-refractivity contribution in [2.24, 2.45) is 17.8 Å². The molecule has 5 rings (SSSR count). The quantitative estimate of drug-likeness (QED) is 0.506. The molecule has 0 saturated carbocycles. The molecular formula is C30H39N3O3. The molecule has 1 saturated heterocycles. The van der Waals surface area contributed by atoms with Crippen molar-refractivity contribution in [2.75, 3.05) is 19.7 Å². The molecule has 0 aliphatic carbocycles. The lowest BCUT2D eigenvalue weighted by Gasteiger charge is -2.38. The third-order valence-corrected chi connectivity index (χ3v) is 8.37. The van der Waals surface area contributed by atoms with Gasteiger partial charge in [-0.25, -0.2) is 4.98 Å². The number of nitrogens with one attached hydrogen (secondary N) is 1. The number of likely N-dealkylation sites (tertiary alicyclic amines) is 1. The first-order valence-electron chi connectivity index (χ1n) is 13.4. The summed E-state index contributed by atoms with van der Waals surface area (Å²) >= 11 is 0. The molecule has 1 amide bonds. The van der Waals surface area contributed by atoms with Crippen LogP contribution in [0.2, 0.25) is 0 Å². The predicted octanol–water partition coefficient (Wildman–Crippen LogP) is 5.52. The fourth-order valence-electron chi connectivity index (χ4n) is 5.99. The molecule has 2 unspecified atom stereocenters. The third kappa shape index (κ3) is 5.29. The van der Waals surface area contributed by atoms with Crippen LogP contribution in [0, 0.1) is 24.7 Å². The minimum Gasteiger partial charge on any atom is -0.493 e. The number of piperidine rings is 1. The summed E-state index contributed by atoms with van der Waals surface area (Å²) in [5, 5.41) is 10.3. The largest absolute Gasteiger partial charge is 0.493 e. The molecular weight excluding hydrogens is 450 g/mol. The Morgan fingerprint density at radius 1 is 1.14 bits per heavy atom. The van der Waals surface area contributed by atoms with E-state index >= 15 is 0 Å². The highest BCUT2D eigenvalue weighted by Crippen LogP contribution is 2.35. The van der Waals surface area contributed by atoms with Crippen molar-refractivity contribution in [3.63, 3.8) is 0 Å². The summed E-state index contributed by atoms with van der Waals surface area (Å²) in [7, 11) is 0. The first-order valence-corrected chi connectivity index (χ1v) is 13.4. The van der Waals surface area contributed by atoms with Crippen LogP contribution in [0.15, 0.2) is 36.4 Å². The topological polar surface area (TPSA) is 78.5 Å². The Morgan fingerprint density at radius 3 is 2.61 bits per heavy atom. The lowest BCUT2D eigenvalue weighted by molar-refractivity contribution is -0.135. The molecule has 2 aliphatic rings. The summed E-state index contributed by atoms with van der Waals surface area (Å²) in [6, 6.07) is 12.8. The van der Waals surface area contributed by atoms with Crippen molar-refractivity contribution in [3.05, 3.63) is 47.8 Å². The standard InChI is InChI=1S/C30H39N3O3/c1-19-15-24-16-22(23-5-7-26-27(17-23)32-20(2)31-26)6-8-28(24)36-14-11-21(19)18-29(34)33-12-9-25(10-13-33)30(3,4)35/h5-8,16-17,19,21,25,35H,9-15,18H2,1-4H3,(H,31,32). The summed E-state index contributed by atoms with van der Waals surface area (Å²) in [4.78, 5) is 23.0. The van der Waals surface area contributed by atoms with E-state index in [1.165, 1.54) is 11.1 Å². The first kappa shape index (κ1) is 24.8. The lowest BCUT2D eigenvalue weighted by atomic mass is 9.81. The highest BCUT2D eigenvalue weighted by molar-refractivity contribution is 5.82. The number of hydrogen-bond acceptors (Lipinski definition) is 4. The number of aliphatic hydroxyl groups is 1. The number of amides is 1. The Hall–Kier alpha value is -2.86. The summed E-state index contributed by atoms with van der Waals surface area (Å²) in [6.45, 7) is 10.1. The number of imidazole rings is 1. The van der Waals surface area contributed by atoms with Gasteiger partial charge in [0.1, 0.15) is 11.6 Å². The van der Waals surface area contributed by atoms with Gasteiger partial charge in [0.2, 0.25) is 5.91 Å². The molecule has 6 nitrogen and oxygen atoms in total. The molecule has 1 fully saturated rings. The molecule has 2 aromatic carbocycles. The number of aryl methyl sites for hydroxylation is 1. The molecule has 192 valence electrons. The Kier molecular flexibility index (Phi) is 6.82. The highest BCUT2D eigenvalue weighted by atomic mass is 16.5. The summed E-state index contributed by atoms with van der Waals surface area (Å²) < 4.78 is 6.18. The van der Waals surface area contributed by atoms with Crippen LogP contribution in [0.3, 0.4) is 0 Å². The first-order chi connectivity index (χ1) is 17.2. The Morgan fingerprint density at radius 2 is 1.86 bits per heavy atom. The molecule has 36 heavy (non-hydrogen) atoms. The summed E-state index contributed by atoms with van der Waals surface area (Å²) in [5.41, 5.74) is 4.90. The van der Waals surface area contributed by atoms with Crippen LogP contribution < -0.4 is 4.74 Å². The molecule has 0 radical (unpaired) electrons. The van der Waals surface area contributed by atoms with Crippen LogP contribution in [-0.2, 0) is 11.2 Å².